The number of carbonyl (C=O) groups is 1. The van der Waals surface area contributed by atoms with E-state index in [0.717, 1.165) is 64.7 Å². The molecule has 2 N–H and O–H groups in total. The highest BCUT2D eigenvalue weighted by molar-refractivity contribution is 5.77. The molecule has 2 fully saturated rings. The topological polar surface area (TPSA) is 52.6 Å². The Hall–Kier alpha value is -1.39. The largest absolute Gasteiger partial charge is 0.389 e. The molecule has 0 bridgehead atoms. The van der Waals surface area contributed by atoms with Gasteiger partial charge in [0.05, 0.1) is 12.0 Å². The molecule has 0 radical (unpaired) electrons. The normalized spacial score (nSPS) is 21.4. The molecular formula is C21H32N2O2. The van der Waals surface area contributed by atoms with Crippen molar-refractivity contribution >= 4 is 5.91 Å². The highest BCUT2D eigenvalue weighted by Gasteiger charge is 2.33. The van der Waals surface area contributed by atoms with Crippen LogP contribution in [0.1, 0.15) is 56.1 Å². The third-order valence-electron chi connectivity index (χ3n) is 5.85. The Bertz CT molecular complexity index is 556. The zero-order valence-corrected chi connectivity index (χ0v) is 15.5. The first-order valence-corrected chi connectivity index (χ1v) is 9.79. The second kappa shape index (κ2) is 8.33. The van der Waals surface area contributed by atoms with E-state index in [4.69, 9.17) is 0 Å². The van der Waals surface area contributed by atoms with Gasteiger partial charge in [-0.15, -0.1) is 0 Å². The van der Waals surface area contributed by atoms with Crippen LogP contribution in [-0.2, 0) is 11.3 Å². The van der Waals surface area contributed by atoms with E-state index in [2.05, 4.69) is 41.4 Å². The lowest BCUT2D eigenvalue weighted by Crippen LogP contribution is -2.40. The van der Waals surface area contributed by atoms with E-state index >= 15 is 0 Å². The minimum Gasteiger partial charge on any atom is -0.389 e. The second-order valence-corrected chi connectivity index (χ2v) is 8.12. The van der Waals surface area contributed by atoms with Crippen LogP contribution in [0.5, 0.6) is 0 Å². The number of amides is 1. The molecule has 1 heterocycles. The first-order chi connectivity index (χ1) is 12.0. The Morgan fingerprint density at radius 3 is 2.48 bits per heavy atom. The summed E-state index contributed by atoms with van der Waals surface area (Å²) in [5.74, 6) is 0.586. The molecule has 0 unspecified atom stereocenters. The fourth-order valence-corrected chi connectivity index (χ4v) is 4.13. The first kappa shape index (κ1) is 18.4. The molecule has 4 heteroatoms. The third kappa shape index (κ3) is 5.55. The van der Waals surface area contributed by atoms with Crippen molar-refractivity contribution in [2.45, 2.75) is 64.0 Å². The van der Waals surface area contributed by atoms with Gasteiger partial charge in [0.2, 0.25) is 5.91 Å². The van der Waals surface area contributed by atoms with Crippen LogP contribution in [0.2, 0.25) is 0 Å². The summed E-state index contributed by atoms with van der Waals surface area (Å²) in [6, 6.07) is 8.79. The maximum absolute atomic E-state index is 12.1. The van der Waals surface area contributed by atoms with E-state index in [1.54, 1.807) is 0 Å². The highest BCUT2D eigenvalue weighted by Crippen LogP contribution is 2.32. The summed E-state index contributed by atoms with van der Waals surface area (Å²) in [5, 5.41) is 13.4. The molecule has 1 aromatic carbocycles. The van der Waals surface area contributed by atoms with Crippen LogP contribution in [0.15, 0.2) is 24.3 Å². The van der Waals surface area contributed by atoms with Crippen LogP contribution in [0.3, 0.4) is 0 Å². The van der Waals surface area contributed by atoms with Crippen molar-refractivity contribution in [3.63, 3.8) is 0 Å². The molecule has 138 valence electrons. The summed E-state index contributed by atoms with van der Waals surface area (Å²) in [7, 11) is 0. The standard InChI is InChI=1S/C21H32N2O2/c1-17-4-6-19(7-5-17)16-23-12-8-18(9-13-23)15-22-20(24)14-21(25)10-2-3-11-21/h4-7,18,25H,2-3,8-16H2,1H3,(H,22,24). The number of nitrogens with zero attached hydrogens (tertiary/aromatic N) is 1. The summed E-state index contributed by atoms with van der Waals surface area (Å²) in [5.41, 5.74) is 1.95. The van der Waals surface area contributed by atoms with Gasteiger partial charge < -0.3 is 10.4 Å². The Balaban J connectivity index is 1.35. The van der Waals surface area contributed by atoms with Crippen LogP contribution < -0.4 is 5.32 Å². The van der Waals surface area contributed by atoms with Crippen molar-refractivity contribution in [2.75, 3.05) is 19.6 Å². The molecule has 0 spiro atoms. The molecule has 2 aliphatic rings. The summed E-state index contributed by atoms with van der Waals surface area (Å²) < 4.78 is 0. The van der Waals surface area contributed by atoms with Crippen molar-refractivity contribution in [1.29, 1.82) is 0 Å². The van der Waals surface area contributed by atoms with E-state index in [-0.39, 0.29) is 12.3 Å². The zero-order valence-electron chi connectivity index (χ0n) is 15.5. The molecule has 1 amide bonds. The molecule has 0 aromatic heterocycles. The van der Waals surface area contributed by atoms with Crippen molar-refractivity contribution < 1.29 is 9.90 Å². The smallest absolute Gasteiger partial charge is 0.222 e. The monoisotopic (exact) mass is 344 g/mol. The molecule has 1 aromatic rings. The Morgan fingerprint density at radius 1 is 1.20 bits per heavy atom. The van der Waals surface area contributed by atoms with Crippen molar-refractivity contribution in [1.82, 2.24) is 10.2 Å². The first-order valence-electron chi connectivity index (χ1n) is 9.79. The zero-order chi connectivity index (χ0) is 17.7. The number of nitrogens with one attached hydrogen (secondary N) is 1. The molecular weight excluding hydrogens is 312 g/mol. The van der Waals surface area contributed by atoms with Gasteiger partial charge in [-0.05, 0) is 57.2 Å². The second-order valence-electron chi connectivity index (χ2n) is 8.12. The number of hydrogen-bond acceptors (Lipinski definition) is 3. The number of rotatable bonds is 6. The van der Waals surface area contributed by atoms with Gasteiger partial charge in [0.25, 0.3) is 0 Å². The lowest BCUT2D eigenvalue weighted by Gasteiger charge is -2.32. The summed E-state index contributed by atoms with van der Waals surface area (Å²) >= 11 is 0. The van der Waals surface area contributed by atoms with Gasteiger partial charge in [-0.2, -0.15) is 0 Å². The Morgan fingerprint density at radius 2 is 1.84 bits per heavy atom. The van der Waals surface area contributed by atoms with Gasteiger partial charge in [0, 0.05) is 13.1 Å². The Kier molecular flexibility index (Phi) is 6.13. The van der Waals surface area contributed by atoms with Gasteiger partial charge in [-0.3, -0.25) is 9.69 Å². The quantitative estimate of drug-likeness (QED) is 0.834. The molecule has 1 saturated carbocycles. The lowest BCUT2D eigenvalue weighted by molar-refractivity contribution is -0.126. The lowest BCUT2D eigenvalue weighted by atomic mass is 9.95. The van der Waals surface area contributed by atoms with Crippen molar-refractivity contribution in [3.8, 4) is 0 Å². The van der Waals surface area contributed by atoms with Crippen LogP contribution in [0, 0.1) is 12.8 Å². The van der Waals surface area contributed by atoms with E-state index in [9.17, 15) is 9.90 Å². The van der Waals surface area contributed by atoms with Gasteiger partial charge in [0.1, 0.15) is 0 Å². The number of aryl methyl sites for hydroxylation is 1. The number of likely N-dealkylation sites (tertiary alicyclic amines) is 1. The SMILES string of the molecule is Cc1ccc(CN2CCC(CNC(=O)CC3(O)CCCC3)CC2)cc1. The maximum atomic E-state index is 12.1. The summed E-state index contributed by atoms with van der Waals surface area (Å²) in [6.45, 7) is 6.09. The fourth-order valence-electron chi connectivity index (χ4n) is 4.13. The van der Waals surface area contributed by atoms with Crippen LogP contribution >= 0.6 is 0 Å². The predicted molar refractivity (Wildman–Crippen MR) is 100 cm³/mol. The predicted octanol–water partition coefficient (Wildman–Crippen LogP) is 3.02. The number of carbonyl (C=O) groups excluding carboxylic acids is 1. The van der Waals surface area contributed by atoms with Gasteiger partial charge in [0.15, 0.2) is 0 Å². The molecule has 25 heavy (non-hydrogen) atoms. The minimum absolute atomic E-state index is 0.0199. The molecule has 1 aliphatic carbocycles. The van der Waals surface area contributed by atoms with Crippen LogP contribution in [0.25, 0.3) is 0 Å². The van der Waals surface area contributed by atoms with Gasteiger partial charge >= 0.3 is 0 Å². The van der Waals surface area contributed by atoms with Crippen LogP contribution in [-0.4, -0.2) is 41.1 Å². The number of hydrogen-bond donors (Lipinski definition) is 2. The van der Waals surface area contributed by atoms with Gasteiger partial charge in [-0.1, -0.05) is 42.7 Å². The Labute approximate surface area is 151 Å². The third-order valence-corrected chi connectivity index (χ3v) is 5.85. The molecule has 1 saturated heterocycles. The number of aliphatic hydroxyl groups is 1. The highest BCUT2D eigenvalue weighted by atomic mass is 16.3. The van der Waals surface area contributed by atoms with Crippen molar-refractivity contribution in [2.24, 2.45) is 5.92 Å². The number of piperidine rings is 1. The average molecular weight is 344 g/mol. The molecule has 1 aliphatic heterocycles. The molecule has 3 rings (SSSR count). The number of benzene rings is 1. The van der Waals surface area contributed by atoms with E-state index in [1.807, 2.05) is 0 Å². The van der Waals surface area contributed by atoms with Crippen molar-refractivity contribution in [3.05, 3.63) is 35.4 Å². The summed E-state index contributed by atoms with van der Waals surface area (Å²) in [6.07, 6.45) is 6.19. The van der Waals surface area contributed by atoms with Gasteiger partial charge in [-0.25, -0.2) is 0 Å². The molecule has 4 nitrogen and oxygen atoms in total. The molecule has 0 atom stereocenters. The van der Waals surface area contributed by atoms with E-state index < -0.39 is 5.60 Å². The van der Waals surface area contributed by atoms with Crippen LogP contribution in [0.4, 0.5) is 0 Å². The fraction of sp³-hybridized carbons (Fsp3) is 0.667. The minimum atomic E-state index is -0.735. The average Bonchev–Trinajstić information content (AvgIpc) is 3.02. The van der Waals surface area contributed by atoms with E-state index in [0.29, 0.717) is 5.92 Å². The summed E-state index contributed by atoms with van der Waals surface area (Å²) in [4.78, 5) is 14.6. The van der Waals surface area contributed by atoms with E-state index in [1.165, 1.54) is 11.1 Å². The maximum Gasteiger partial charge on any atom is 0.222 e.